The van der Waals surface area contributed by atoms with E-state index in [1.165, 1.54) is 12.8 Å². The van der Waals surface area contributed by atoms with Crippen LogP contribution in [0, 0.1) is 0 Å². The fourth-order valence-electron chi connectivity index (χ4n) is 1.50. The fraction of sp³-hybridized carbons (Fsp3) is 0.455. The lowest BCUT2D eigenvalue weighted by molar-refractivity contribution is 0.410. The van der Waals surface area contributed by atoms with E-state index >= 15 is 0 Å². The Morgan fingerprint density at radius 3 is 3.00 bits per heavy atom. The lowest BCUT2D eigenvalue weighted by Gasteiger charge is -1.97. The fourth-order valence-corrected chi connectivity index (χ4v) is 1.50. The van der Waals surface area contributed by atoms with Gasteiger partial charge in [0.2, 0.25) is 5.78 Å². The highest BCUT2D eigenvalue weighted by molar-refractivity contribution is 5.33. The molecule has 0 unspecified atom stereocenters. The first-order valence-electron chi connectivity index (χ1n) is 5.21. The van der Waals surface area contributed by atoms with Crippen LogP contribution in [-0.2, 0) is 6.42 Å². The van der Waals surface area contributed by atoms with E-state index < -0.39 is 0 Å². The van der Waals surface area contributed by atoms with Gasteiger partial charge in [-0.2, -0.15) is 0 Å². The van der Waals surface area contributed by atoms with Crippen molar-refractivity contribution < 1.29 is 4.74 Å². The Labute approximate surface area is 88.9 Å². The molecule has 4 heteroatoms. The summed E-state index contributed by atoms with van der Waals surface area (Å²) in [4.78, 5) is 8.63. The number of aromatic nitrogens is 3. The Bertz CT molecular complexity index is 450. The molecule has 0 saturated heterocycles. The second-order valence-corrected chi connectivity index (χ2v) is 3.54. The third-order valence-corrected chi connectivity index (χ3v) is 2.36. The number of unbranched alkanes of at least 4 members (excludes halogenated alkanes) is 1. The normalized spacial score (nSPS) is 10.8. The van der Waals surface area contributed by atoms with Crippen LogP contribution < -0.4 is 4.74 Å². The molecule has 0 aliphatic carbocycles. The molecular weight excluding hydrogens is 190 g/mol. The Morgan fingerprint density at radius 1 is 1.40 bits per heavy atom. The molecule has 4 nitrogen and oxygen atoms in total. The number of hydrogen-bond acceptors (Lipinski definition) is 3. The first-order valence-corrected chi connectivity index (χ1v) is 5.21. The van der Waals surface area contributed by atoms with Gasteiger partial charge in [-0.05, 0) is 12.8 Å². The van der Waals surface area contributed by atoms with E-state index in [4.69, 9.17) is 4.74 Å². The van der Waals surface area contributed by atoms with Crippen LogP contribution in [0.3, 0.4) is 0 Å². The SMILES string of the molecule is CCCCc1cn2cc(OC)cnc2n1. The van der Waals surface area contributed by atoms with Crippen molar-refractivity contribution in [2.24, 2.45) is 0 Å². The van der Waals surface area contributed by atoms with E-state index in [9.17, 15) is 0 Å². The number of ether oxygens (including phenoxy) is 1. The zero-order valence-electron chi connectivity index (χ0n) is 9.10. The molecule has 0 aromatic carbocycles. The highest BCUT2D eigenvalue weighted by atomic mass is 16.5. The number of methoxy groups -OCH3 is 1. The maximum Gasteiger partial charge on any atom is 0.234 e. The minimum absolute atomic E-state index is 0.738. The van der Waals surface area contributed by atoms with Crippen molar-refractivity contribution >= 4 is 5.78 Å². The predicted molar refractivity (Wildman–Crippen MR) is 58.2 cm³/mol. The molecule has 2 aromatic heterocycles. The van der Waals surface area contributed by atoms with Gasteiger partial charge in [-0.1, -0.05) is 13.3 Å². The van der Waals surface area contributed by atoms with Gasteiger partial charge in [-0.25, -0.2) is 9.97 Å². The first kappa shape index (κ1) is 9.96. The number of imidazole rings is 1. The van der Waals surface area contributed by atoms with Gasteiger partial charge in [0.25, 0.3) is 0 Å². The van der Waals surface area contributed by atoms with E-state index in [0.29, 0.717) is 0 Å². The number of aryl methyl sites for hydroxylation is 1. The van der Waals surface area contributed by atoms with Gasteiger partial charge < -0.3 is 4.74 Å². The maximum atomic E-state index is 5.10. The second-order valence-electron chi connectivity index (χ2n) is 3.54. The van der Waals surface area contributed by atoms with Crippen LogP contribution in [0.5, 0.6) is 5.75 Å². The number of rotatable bonds is 4. The van der Waals surface area contributed by atoms with Crippen molar-refractivity contribution in [2.45, 2.75) is 26.2 Å². The Morgan fingerprint density at radius 2 is 2.27 bits per heavy atom. The third-order valence-electron chi connectivity index (χ3n) is 2.36. The number of nitrogens with zero attached hydrogens (tertiary/aromatic N) is 3. The predicted octanol–water partition coefficient (Wildman–Crippen LogP) is 2.08. The summed E-state index contributed by atoms with van der Waals surface area (Å²) >= 11 is 0. The summed E-state index contributed by atoms with van der Waals surface area (Å²) in [7, 11) is 1.64. The Hall–Kier alpha value is -1.58. The largest absolute Gasteiger partial charge is 0.494 e. The van der Waals surface area contributed by atoms with E-state index in [1.54, 1.807) is 13.3 Å². The molecule has 80 valence electrons. The molecule has 0 atom stereocenters. The molecule has 0 spiro atoms. The molecule has 0 radical (unpaired) electrons. The zero-order chi connectivity index (χ0) is 10.7. The summed E-state index contributed by atoms with van der Waals surface area (Å²) in [6.07, 6.45) is 8.96. The van der Waals surface area contributed by atoms with Crippen molar-refractivity contribution in [1.82, 2.24) is 14.4 Å². The highest BCUT2D eigenvalue weighted by Gasteiger charge is 2.02. The molecule has 2 rings (SSSR count). The molecule has 0 saturated carbocycles. The number of hydrogen-bond donors (Lipinski definition) is 0. The van der Waals surface area contributed by atoms with Crippen molar-refractivity contribution in [3.8, 4) is 5.75 Å². The summed E-state index contributed by atoms with van der Waals surface area (Å²) in [5.41, 5.74) is 1.10. The van der Waals surface area contributed by atoms with Crippen LogP contribution in [0.15, 0.2) is 18.6 Å². The summed E-state index contributed by atoms with van der Waals surface area (Å²) in [5, 5.41) is 0. The van der Waals surface area contributed by atoms with Gasteiger partial charge in [-0.3, -0.25) is 4.40 Å². The van der Waals surface area contributed by atoms with Gasteiger partial charge in [0.05, 0.1) is 25.2 Å². The van der Waals surface area contributed by atoms with Crippen molar-refractivity contribution in [3.05, 3.63) is 24.3 Å². The third kappa shape index (κ3) is 2.09. The monoisotopic (exact) mass is 205 g/mol. The summed E-state index contributed by atoms with van der Waals surface area (Å²) in [5.74, 6) is 1.49. The van der Waals surface area contributed by atoms with Gasteiger partial charge in [0.15, 0.2) is 5.75 Å². The van der Waals surface area contributed by atoms with E-state index in [1.807, 2.05) is 16.8 Å². The molecule has 2 aromatic rings. The lowest BCUT2D eigenvalue weighted by atomic mass is 10.2. The molecule has 0 aliphatic rings. The van der Waals surface area contributed by atoms with E-state index in [0.717, 1.165) is 23.6 Å². The lowest BCUT2D eigenvalue weighted by Crippen LogP contribution is -1.90. The highest BCUT2D eigenvalue weighted by Crippen LogP contribution is 2.11. The Kier molecular flexibility index (Phi) is 2.85. The molecule has 0 N–H and O–H groups in total. The standard InChI is InChI=1S/C11H15N3O/c1-3-4-5-9-7-14-8-10(15-2)6-12-11(14)13-9/h6-8H,3-5H2,1-2H3. The second kappa shape index (κ2) is 4.29. The summed E-state index contributed by atoms with van der Waals surface area (Å²) in [6.45, 7) is 2.18. The average Bonchev–Trinajstić information content (AvgIpc) is 2.67. The molecule has 15 heavy (non-hydrogen) atoms. The van der Waals surface area contributed by atoms with Gasteiger partial charge in [0, 0.05) is 6.20 Å². The van der Waals surface area contributed by atoms with Gasteiger partial charge >= 0.3 is 0 Å². The van der Waals surface area contributed by atoms with Crippen LogP contribution in [0.25, 0.3) is 5.78 Å². The minimum Gasteiger partial charge on any atom is -0.494 e. The maximum absolute atomic E-state index is 5.10. The molecule has 2 heterocycles. The van der Waals surface area contributed by atoms with Crippen molar-refractivity contribution in [3.63, 3.8) is 0 Å². The van der Waals surface area contributed by atoms with Gasteiger partial charge in [-0.15, -0.1) is 0 Å². The van der Waals surface area contributed by atoms with Crippen molar-refractivity contribution in [2.75, 3.05) is 7.11 Å². The van der Waals surface area contributed by atoms with Gasteiger partial charge in [0.1, 0.15) is 0 Å². The first-order chi connectivity index (χ1) is 7.33. The molecule has 0 bridgehead atoms. The molecule has 0 aliphatic heterocycles. The van der Waals surface area contributed by atoms with E-state index in [2.05, 4.69) is 16.9 Å². The average molecular weight is 205 g/mol. The molecule has 0 fully saturated rings. The smallest absolute Gasteiger partial charge is 0.234 e. The molecule has 0 amide bonds. The van der Waals surface area contributed by atoms with Crippen LogP contribution in [0.1, 0.15) is 25.5 Å². The van der Waals surface area contributed by atoms with Crippen LogP contribution in [0.4, 0.5) is 0 Å². The summed E-state index contributed by atoms with van der Waals surface area (Å²) in [6, 6.07) is 0. The van der Waals surface area contributed by atoms with Crippen LogP contribution in [-0.4, -0.2) is 21.5 Å². The quantitative estimate of drug-likeness (QED) is 0.767. The van der Waals surface area contributed by atoms with Crippen LogP contribution in [0.2, 0.25) is 0 Å². The zero-order valence-corrected chi connectivity index (χ0v) is 9.10. The van der Waals surface area contributed by atoms with E-state index in [-0.39, 0.29) is 0 Å². The summed E-state index contributed by atoms with van der Waals surface area (Å²) < 4.78 is 7.01. The minimum atomic E-state index is 0.738. The molecular formula is C11H15N3O. The Balaban J connectivity index is 2.29. The number of fused-ring (bicyclic) bond motifs is 1. The topological polar surface area (TPSA) is 39.4 Å². The van der Waals surface area contributed by atoms with Crippen LogP contribution >= 0.6 is 0 Å². The van der Waals surface area contributed by atoms with Crippen molar-refractivity contribution in [1.29, 1.82) is 0 Å².